The van der Waals surface area contributed by atoms with Crippen molar-refractivity contribution in [3.63, 3.8) is 0 Å². The number of aromatic nitrogens is 1. The molecular weight excluding hydrogens is 358 g/mol. The summed E-state index contributed by atoms with van der Waals surface area (Å²) in [7, 11) is 0. The molecule has 0 radical (unpaired) electrons. The lowest BCUT2D eigenvalue weighted by molar-refractivity contribution is 0.0773. The molecule has 0 atom stereocenters. The van der Waals surface area contributed by atoms with E-state index in [0.717, 1.165) is 27.2 Å². The van der Waals surface area contributed by atoms with Crippen LogP contribution in [-0.4, -0.2) is 47.1 Å². The quantitative estimate of drug-likeness (QED) is 0.571. The number of anilines is 1. The SMILES string of the molecule is CCN(CC)C(=O)c1ccc(-c2cc(NCCCO)c3sccc3n2)cc1. The van der Waals surface area contributed by atoms with E-state index >= 15 is 0 Å². The number of aliphatic hydroxyl groups is 1. The number of nitrogens with one attached hydrogen (secondary N) is 1. The van der Waals surface area contributed by atoms with E-state index in [1.165, 1.54) is 0 Å². The molecule has 1 aromatic carbocycles. The number of thiophene rings is 1. The molecule has 0 saturated heterocycles. The molecule has 3 aromatic rings. The monoisotopic (exact) mass is 383 g/mol. The predicted molar refractivity (Wildman–Crippen MR) is 113 cm³/mol. The second-order valence-corrected chi connectivity index (χ2v) is 7.16. The molecule has 2 N–H and O–H groups in total. The van der Waals surface area contributed by atoms with Gasteiger partial charge in [-0.3, -0.25) is 4.79 Å². The Kier molecular flexibility index (Phi) is 6.42. The summed E-state index contributed by atoms with van der Waals surface area (Å²) in [5.74, 6) is 0.0548. The summed E-state index contributed by atoms with van der Waals surface area (Å²) in [6.45, 7) is 6.26. The average Bonchev–Trinajstić information content (AvgIpc) is 3.18. The highest BCUT2D eigenvalue weighted by atomic mass is 32.1. The van der Waals surface area contributed by atoms with Crippen molar-refractivity contribution >= 4 is 33.1 Å². The van der Waals surface area contributed by atoms with Crippen LogP contribution in [-0.2, 0) is 0 Å². The first-order valence-corrected chi connectivity index (χ1v) is 10.2. The summed E-state index contributed by atoms with van der Waals surface area (Å²) in [5, 5.41) is 14.4. The van der Waals surface area contributed by atoms with Gasteiger partial charge in [-0.25, -0.2) is 4.98 Å². The van der Waals surface area contributed by atoms with Gasteiger partial charge in [0.2, 0.25) is 0 Å². The van der Waals surface area contributed by atoms with E-state index in [9.17, 15) is 4.79 Å². The highest BCUT2D eigenvalue weighted by Gasteiger charge is 2.13. The summed E-state index contributed by atoms with van der Waals surface area (Å²) in [6.07, 6.45) is 0.701. The molecule has 5 nitrogen and oxygen atoms in total. The molecule has 142 valence electrons. The number of pyridine rings is 1. The van der Waals surface area contributed by atoms with Gasteiger partial charge in [-0.1, -0.05) is 12.1 Å². The number of hydrogen-bond donors (Lipinski definition) is 2. The van der Waals surface area contributed by atoms with Crippen LogP contribution in [0.3, 0.4) is 0 Å². The van der Waals surface area contributed by atoms with Gasteiger partial charge in [0.1, 0.15) is 0 Å². The van der Waals surface area contributed by atoms with Crippen LogP contribution in [0.1, 0.15) is 30.6 Å². The molecule has 1 amide bonds. The molecular formula is C21H25N3O2S. The molecule has 0 unspecified atom stereocenters. The van der Waals surface area contributed by atoms with E-state index in [-0.39, 0.29) is 12.5 Å². The summed E-state index contributed by atoms with van der Waals surface area (Å²) >= 11 is 1.65. The third-order valence-corrected chi connectivity index (χ3v) is 5.48. The topological polar surface area (TPSA) is 65.5 Å². The summed E-state index contributed by atoms with van der Waals surface area (Å²) < 4.78 is 1.12. The van der Waals surface area contributed by atoms with Crippen molar-refractivity contribution in [1.29, 1.82) is 0 Å². The van der Waals surface area contributed by atoms with Crippen molar-refractivity contribution in [3.05, 3.63) is 47.3 Å². The maximum atomic E-state index is 12.5. The molecule has 0 bridgehead atoms. The van der Waals surface area contributed by atoms with Crippen LogP contribution in [0.4, 0.5) is 5.69 Å². The second kappa shape index (κ2) is 8.97. The van der Waals surface area contributed by atoms with Crippen LogP contribution in [0.15, 0.2) is 41.8 Å². The summed E-state index contributed by atoms with van der Waals surface area (Å²) in [6, 6.07) is 11.7. The maximum Gasteiger partial charge on any atom is 0.253 e. The van der Waals surface area contributed by atoms with Crippen LogP contribution in [0.5, 0.6) is 0 Å². The Balaban J connectivity index is 1.89. The van der Waals surface area contributed by atoms with E-state index in [1.807, 2.05) is 60.5 Å². The zero-order valence-electron chi connectivity index (χ0n) is 15.7. The van der Waals surface area contributed by atoms with E-state index in [0.29, 0.717) is 31.6 Å². The predicted octanol–water partition coefficient (Wildman–Crippen LogP) is 4.24. The lowest BCUT2D eigenvalue weighted by Gasteiger charge is -2.18. The largest absolute Gasteiger partial charge is 0.396 e. The third kappa shape index (κ3) is 4.28. The van der Waals surface area contributed by atoms with Gasteiger partial charge >= 0.3 is 0 Å². The van der Waals surface area contributed by atoms with Crippen molar-refractivity contribution in [1.82, 2.24) is 9.88 Å². The molecule has 27 heavy (non-hydrogen) atoms. The number of hydrogen-bond acceptors (Lipinski definition) is 5. The summed E-state index contributed by atoms with van der Waals surface area (Å²) in [4.78, 5) is 19.1. The Morgan fingerprint density at radius 1 is 1.19 bits per heavy atom. The number of fused-ring (bicyclic) bond motifs is 1. The fourth-order valence-corrected chi connectivity index (χ4v) is 3.84. The number of aliphatic hydroxyl groups excluding tert-OH is 1. The molecule has 0 fully saturated rings. The maximum absolute atomic E-state index is 12.5. The fraction of sp³-hybridized carbons (Fsp3) is 0.333. The van der Waals surface area contributed by atoms with Gasteiger partial charge in [0.25, 0.3) is 5.91 Å². The smallest absolute Gasteiger partial charge is 0.253 e. The standard InChI is InChI=1S/C21H25N3O2S/c1-3-24(4-2)21(26)16-8-6-15(7-9-16)18-14-19(22-11-5-12-25)20-17(23-18)10-13-27-20/h6-10,13-14,25H,3-5,11-12H2,1-2H3,(H,22,23). The van der Waals surface area contributed by atoms with E-state index in [1.54, 1.807) is 11.3 Å². The zero-order valence-corrected chi connectivity index (χ0v) is 16.6. The van der Waals surface area contributed by atoms with Crippen molar-refractivity contribution < 1.29 is 9.90 Å². The molecule has 0 aliphatic heterocycles. The van der Waals surface area contributed by atoms with Crippen molar-refractivity contribution in [2.45, 2.75) is 20.3 Å². The number of nitrogens with zero attached hydrogens (tertiary/aromatic N) is 2. The van der Waals surface area contributed by atoms with Crippen LogP contribution in [0, 0.1) is 0 Å². The molecule has 0 spiro atoms. The minimum atomic E-state index is 0.0548. The number of rotatable bonds is 8. The lowest BCUT2D eigenvalue weighted by atomic mass is 10.1. The van der Waals surface area contributed by atoms with Gasteiger partial charge in [-0.15, -0.1) is 11.3 Å². The molecule has 2 aromatic heterocycles. The van der Waals surface area contributed by atoms with Crippen molar-refractivity contribution in [3.8, 4) is 11.3 Å². The second-order valence-electron chi connectivity index (χ2n) is 6.25. The Morgan fingerprint density at radius 3 is 2.59 bits per heavy atom. The molecule has 2 heterocycles. The first kappa shape index (κ1) is 19.3. The van der Waals surface area contributed by atoms with Gasteiger partial charge in [0, 0.05) is 37.4 Å². The Labute approximate surface area is 163 Å². The first-order chi connectivity index (χ1) is 13.2. The van der Waals surface area contributed by atoms with Gasteiger partial charge in [0.05, 0.1) is 21.6 Å². The van der Waals surface area contributed by atoms with Crippen LogP contribution in [0.2, 0.25) is 0 Å². The Morgan fingerprint density at radius 2 is 1.93 bits per heavy atom. The van der Waals surface area contributed by atoms with Gasteiger partial charge in [-0.2, -0.15) is 0 Å². The van der Waals surface area contributed by atoms with E-state index in [4.69, 9.17) is 10.1 Å². The minimum absolute atomic E-state index is 0.0548. The third-order valence-electron chi connectivity index (χ3n) is 4.54. The van der Waals surface area contributed by atoms with E-state index < -0.39 is 0 Å². The zero-order chi connectivity index (χ0) is 19.2. The normalized spacial score (nSPS) is 10.9. The number of carbonyl (C=O) groups is 1. The van der Waals surface area contributed by atoms with Gasteiger partial charge in [0.15, 0.2) is 0 Å². The minimum Gasteiger partial charge on any atom is -0.396 e. The fourth-order valence-electron chi connectivity index (χ4n) is 3.01. The van der Waals surface area contributed by atoms with Gasteiger partial charge in [-0.05, 0) is 49.9 Å². The summed E-state index contributed by atoms with van der Waals surface area (Å²) in [5.41, 5.74) is 4.52. The first-order valence-electron chi connectivity index (χ1n) is 9.30. The molecule has 0 saturated carbocycles. The van der Waals surface area contributed by atoms with E-state index in [2.05, 4.69) is 5.32 Å². The average molecular weight is 384 g/mol. The lowest BCUT2D eigenvalue weighted by Crippen LogP contribution is -2.30. The molecule has 3 rings (SSSR count). The Hall–Kier alpha value is -2.44. The Bertz CT molecular complexity index is 901. The number of carbonyl (C=O) groups excluding carboxylic acids is 1. The van der Waals surface area contributed by atoms with Crippen molar-refractivity contribution in [2.24, 2.45) is 0 Å². The number of amides is 1. The highest BCUT2D eigenvalue weighted by molar-refractivity contribution is 7.17. The van der Waals surface area contributed by atoms with Crippen molar-refractivity contribution in [2.75, 3.05) is 31.6 Å². The van der Waals surface area contributed by atoms with Crippen LogP contribution in [0.25, 0.3) is 21.5 Å². The molecule has 0 aliphatic rings. The molecule has 6 heteroatoms. The van der Waals surface area contributed by atoms with Crippen LogP contribution < -0.4 is 5.32 Å². The highest BCUT2D eigenvalue weighted by Crippen LogP contribution is 2.32. The van der Waals surface area contributed by atoms with Crippen LogP contribution >= 0.6 is 11.3 Å². The van der Waals surface area contributed by atoms with Gasteiger partial charge < -0.3 is 15.3 Å². The molecule has 0 aliphatic carbocycles. The number of benzene rings is 1.